The molecule has 0 aliphatic heterocycles. The van der Waals surface area contributed by atoms with Gasteiger partial charge < -0.3 is 47.3 Å². The maximum atomic E-state index is 12.5. The lowest BCUT2D eigenvalue weighted by atomic mass is 10.1. The number of aromatic nitrogens is 9. The monoisotopic (exact) mass is 1240 g/mol. The van der Waals surface area contributed by atoms with Crippen molar-refractivity contribution in [2.75, 3.05) is 32.7 Å². The zero-order chi connectivity index (χ0) is 61.4. The van der Waals surface area contributed by atoms with Gasteiger partial charge >= 0.3 is 12.0 Å². The lowest BCUT2D eigenvalue weighted by Crippen LogP contribution is -2.22. The molecule has 1 amide bonds. The number of anilines is 6. The molecule has 0 radical (unpaired) electrons. The Morgan fingerprint density at radius 2 is 0.818 bits per heavy atom. The Balaban J connectivity index is 0.000000141. The molecule has 22 heteroatoms. The minimum Gasteiger partial charge on any atom is -0.458 e. The summed E-state index contributed by atoms with van der Waals surface area (Å²) in [7, 11) is 0. The standard InChI is InChI=1S/C26H25N7O2.C20H19ClN4O.C12H10Cl2N4.C8H10O/c27-21-7-3-4-8-22(21)30-23(34)17-11-9-16(10-12-17)15-35-26-32-24(28)31-25(33-26)29-20-13-18-5-1-2-6-19(18)14-20;1-13-6-8-14(9-7-13)12-26-20-24-18(21)23-19(25-20)22-17-10-15-4-2-3-5-16(15)11-17;13-10-16-11(14)18-12(17-10)15-9-5-7-3-1-2-4-8(7)6-9;1-7-2-4-8(6-9)5-3-7/h1-12,20H,13-15,27H2,(H,30,34)(H3,28,29,31,32,33);2-9,17H,10-12H2,1H3,(H,22,23,24,25);1-4,9H,5-6H2,(H,15,16,17,18);2-5,9H,6H2,1H3. The van der Waals surface area contributed by atoms with Gasteiger partial charge in [-0.25, -0.2) is 0 Å². The fourth-order valence-electron chi connectivity index (χ4n) is 10.1. The van der Waals surface area contributed by atoms with Crippen molar-refractivity contribution in [1.29, 1.82) is 0 Å². The molecule has 10 aromatic rings. The summed E-state index contributed by atoms with van der Waals surface area (Å²) in [6.45, 7) is 4.82. The Morgan fingerprint density at radius 1 is 0.455 bits per heavy atom. The number of fused-ring (bicyclic) bond motifs is 3. The number of aliphatic hydroxyl groups is 1. The summed E-state index contributed by atoms with van der Waals surface area (Å²) >= 11 is 17.5. The Bertz CT molecular complexity index is 3890. The predicted octanol–water partition coefficient (Wildman–Crippen LogP) is 11.7. The van der Waals surface area contributed by atoms with Crippen molar-refractivity contribution < 1.29 is 19.4 Å². The topological polar surface area (TPSA) is 272 Å². The van der Waals surface area contributed by atoms with E-state index in [4.69, 9.17) is 60.9 Å². The highest BCUT2D eigenvalue weighted by Crippen LogP contribution is 2.28. The lowest BCUT2D eigenvalue weighted by Gasteiger charge is -2.13. The van der Waals surface area contributed by atoms with E-state index in [1.165, 1.54) is 44.5 Å². The van der Waals surface area contributed by atoms with Crippen LogP contribution in [0.2, 0.25) is 15.9 Å². The van der Waals surface area contributed by atoms with Crippen LogP contribution in [0.15, 0.2) is 170 Å². The van der Waals surface area contributed by atoms with Crippen LogP contribution >= 0.6 is 34.8 Å². The molecular weight excluding hydrogens is 1170 g/mol. The van der Waals surface area contributed by atoms with Crippen molar-refractivity contribution in [3.63, 3.8) is 0 Å². The molecule has 448 valence electrons. The van der Waals surface area contributed by atoms with Gasteiger partial charge in [-0.05, 0) is 162 Å². The van der Waals surface area contributed by atoms with E-state index in [2.05, 4.69) is 134 Å². The van der Waals surface area contributed by atoms with Crippen molar-refractivity contribution in [2.45, 2.75) is 90.3 Å². The molecule has 3 heterocycles. The summed E-state index contributed by atoms with van der Waals surface area (Å²) in [5.74, 6) is 1.10. The maximum absolute atomic E-state index is 12.5. The van der Waals surface area contributed by atoms with Crippen LogP contribution in [0.25, 0.3) is 0 Å². The molecule has 0 atom stereocenters. The highest BCUT2D eigenvalue weighted by molar-refractivity contribution is 6.31. The number of carbonyl (C=O) groups is 1. The van der Waals surface area contributed by atoms with Crippen LogP contribution in [0.5, 0.6) is 12.0 Å². The number of nitrogens with zero attached hydrogens (tertiary/aromatic N) is 9. The summed E-state index contributed by atoms with van der Waals surface area (Å²) in [5, 5.41) is 21.7. The third-order valence-corrected chi connectivity index (χ3v) is 15.0. The van der Waals surface area contributed by atoms with Crippen LogP contribution in [0, 0.1) is 13.8 Å². The minimum atomic E-state index is -0.245. The van der Waals surface area contributed by atoms with Gasteiger partial charge in [0.1, 0.15) is 13.2 Å². The third-order valence-electron chi connectivity index (χ3n) is 14.5. The first kappa shape index (κ1) is 61.6. The number of benzene rings is 7. The SMILES string of the molecule is Cc1ccc(CO)cc1.Cc1ccc(COc2nc(Cl)nc(NC3Cc4ccccc4C3)n2)cc1.Clc1nc(Cl)nc(NC2Cc3ccccc3C2)n1.Nc1nc(NC2Cc3ccccc3C2)nc(OCc2ccc(C(=O)Nc3ccccc3N)cc2)n1. The van der Waals surface area contributed by atoms with Gasteiger partial charge in [-0.1, -0.05) is 157 Å². The zero-order valence-corrected chi connectivity index (χ0v) is 50.5. The van der Waals surface area contributed by atoms with Crippen molar-refractivity contribution in [3.8, 4) is 12.0 Å². The van der Waals surface area contributed by atoms with E-state index in [0.29, 0.717) is 41.4 Å². The fraction of sp³-hybridized carbons (Fsp3) is 0.212. The number of carbonyl (C=O) groups excluding carboxylic acids is 1. The normalized spacial score (nSPS) is 13.0. The third kappa shape index (κ3) is 17.8. The molecule has 0 unspecified atom stereocenters. The number of hydrogen-bond donors (Lipinski definition) is 7. The Labute approximate surface area is 524 Å². The number of hydrogen-bond acceptors (Lipinski definition) is 18. The van der Waals surface area contributed by atoms with E-state index >= 15 is 0 Å². The molecule has 0 bridgehead atoms. The van der Waals surface area contributed by atoms with Crippen LogP contribution in [-0.4, -0.2) is 74.0 Å². The minimum absolute atomic E-state index is 0.0835. The number of aliphatic hydroxyl groups excluding tert-OH is 1. The first-order valence-corrected chi connectivity index (χ1v) is 29.6. The number of rotatable bonds is 15. The van der Waals surface area contributed by atoms with Crippen LogP contribution in [0.3, 0.4) is 0 Å². The fourth-order valence-corrected chi connectivity index (χ4v) is 10.6. The Hall–Kier alpha value is -9.53. The maximum Gasteiger partial charge on any atom is 0.323 e. The second-order valence-electron chi connectivity index (χ2n) is 21.2. The predicted molar refractivity (Wildman–Crippen MR) is 345 cm³/mol. The molecule has 0 saturated heterocycles. The smallest absolute Gasteiger partial charge is 0.323 e. The molecule has 3 aliphatic carbocycles. The van der Waals surface area contributed by atoms with E-state index in [1.807, 2.05) is 91.9 Å². The molecule has 7 aromatic carbocycles. The van der Waals surface area contributed by atoms with Gasteiger partial charge in [-0.2, -0.15) is 44.9 Å². The van der Waals surface area contributed by atoms with Gasteiger partial charge in [-0.3, -0.25) is 4.79 Å². The van der Waals surface area contributed by atoms with Crippen LogP contribution < -0.4 is 42.2 Å². The van der Waals surface area contributed by atoms with Gasteiger partial charge in [-0.15, -0.1) is 0 Å². The largest absolute Gasteiger partial charge is 0.458 e. The van der Waals surface area contributed by atoms with Gasteiger partial charge in [0.05, 0.1) is 18.0 Å². The van der Waals surface area contributed by atoms with Gasteiger partial charge in [0, 0.05) is 23.7 Å². The summed E-state index contributed by atoms with van der Waals surface area (Å²) in [5.41, 5.74) is 26.8. The highest BCUT2D eigenvalue weighted by atomic mass is 35.5. The lowest BCUT2D eigenvalue weighted by molar-refractivity contribution is 0.102. The molecule has 88 heavy (non-hydrogen) atoms. The van der Waals surface area contributed by atoms with Crippen molar-refractivity contribution in [3.05, 3.63) is 252 Å². The molecule has 0 spiro atoms. The molecule has 9 N–H and O–H groups in total. The average molecular weight is 1240 g/mol. The van der Waals surface area contributed by atoms with E-state index < -0.39 is 0 Å². The number of ether oxygens (including phenoxy) is 2. The molecule has 3 aromatic heterocycles. The van der Waals surface area contributed by atoms with Crippen molar-refractivity contribution in [1.82, 2.24) is 44.9 Å². The van der Waals surface area contributed by atoms with Crippen LogP contribution in [-0.2, 0) is 58.3 Å². The highest BCUT2D eigenvalue weighted by Gasteiger charge is 2.25. The zero-order valence-electron chi connectivity index (χ0n) is 48.2. The summed E-state index contributed by atoms with van der Waals surface area (Å²) in [4.78, 5) is 49.5. The average Bonchev–Trinajstić information content (AvgIpc) is 4.12. The second-order valence-corrected chi connectivity index (χ2v) is 22.2. The molecule has 13 rings (SSSR count). The number of halogens is 3. The van der Waals surface area contributed by atoms with Crippen molar-refractivity contribution in [2.24, 2.45) is 0 Å². The number of nitrogens with one attached hydrogen (secondary N) is 4. The first-order chi connectivity index (χ1) is 42.7. The Kier molecular flexibility index (Phi) is 20.8. The molecule has 0 saturated carbocycles. The van der Waals surface area contributed by atoms with E-state index in [1.54, 1.807) is 24.3 Å². The quantitative estimate of drug-likeness (QED) is 0.0470. The van der Waals surface area contributed by atoms with Gasteiger partial charge in [0.25, 0.3) is 5.91 Å². The molecule has 19 nitrogen and oxygen atoms in total. The summed E-state index contributed by atoms with van der Waals surface area (Å²) in [6, 6.07) is 56.4. The van der Waals surface area contributed by atoms with Crippen LogP contribution in [0.4, 0.5) is 35.2 Å². The molecular formula is C66H64Cl3N15O4. The molecule has 3 aliphatic rings. The second kappa shape index (κ2) is 29.7. The van der Waals surface area contributed by atoms with Crippen molar-refractivity contribution >= 4 is 75.9 Å². The first-order valence-electron chi connectivity index (χ1n) is 28.4. The van der Waals surface area contributed by atoms with Gasteiger partial charge in [0.15, 0.2) is 0 Å². The Morgan fingerprint density at radius 3 is 1.25 bits per heavy atom. The summed E-state index contributed by atoms with van der Waals surface area (Å²) < 4.78 is 11.4. The number of nitrogen functional groups attached to an aromatic ring is 2. The molecule has 0 fully saturated rings. The number of aryl methyl sites for hydroxylation is 2. The number of nitrogens with two attached hydrogens (primary N) is 2. The number of amides is 1. The van der Waals surface area contributed by atoms with E-state index in [9.17, 15) is 4.79 Å². The van der Waals surface area contributed by atoms with Gasteiger partial charge in [0.2, 0.25) is 39.6 Å². The van der Waals surface area contributed by atoms with E-state index in [0.717, 1.165) is 55.2 Å². The number of para-hydroxylation sites is 2. The van der Waals surface area contributed by atoms with Crippen LogP contribution in [0.1, 0.15) is 71.6 Å². The van der Waals surface area contributed by atoms with E-state index in [-0.39, 0.29) is 71.1 Å². The summed E-state index contributed by atoms with van der Waals surface area (Å²) in [6.07, 6.45) is 5.59.